The number of hydrogen-bond acceptors (Lipinski definition) is 3. The largest absolute Gasteiger partial charge is 0.328 e. The highest BCUT2D eigenvalue weighted by Crippen LogP contribution is 2.30. The van der Waals surface area contributed by atoms with Crippen molar-refractivity contribution in [3.63, 3.8) is 0 Å². The van der Waals surface area contributed by atoms with Crippen molar-refractivity contribution < 1.29 is 0 Å². The van der Waals surface area contributed by atoms with E-state index in [2.05, 4.69) is 24.0 Å². The molecule has 0 amide bonds. The topological polar surface area (TPSA) is 38.0 Å². The van der Waals surface area contributed by atoms with Gasteiger partial charge in [0.25, 0.3) is 0 Å². The van der Waals surface area contributed by atoms with Crippen molar-refractivity contribution in [3.8, 4) is 0 Å². The van der Waals surface area contributed by atoms with Gasteiger partial charge in [0.15, 0.2) is 0 Å². The molecule has 0 aromatic carbocycles. The van der Waals surface area contributed by atoms with Gasteiger partial charge in [-0.3, -0.25) is 0 Å². The minimum atomic E-state index is 0.452. The van der Waals surface area contributed by atoms with Crippen LogP contribution < -0.4 is 11.1 Å². The zero-order valence-corrected chi connectivity index (χ0v) is 11.3. The third-order valence-electron chi connectivity index (χ3n) is 3.97. The summed E-state index contributed by atoms with van der Waals surface area (Å²) in [6.45, 7) is 2.27. The molecule has 0 aromatic heterocycles. The van der Waals surface area contributed by atoms with Crippen LogP contribution in [0.1, 0.15) is 51.9 Å². The third-order valence-corrected chi connectivity index (χ3v) is 5.21. The van der Waals surface area contributed by atoms with Crippen LogP contribution in [0.2, 0.25) is 0 Å². The Hall–Kier alpha value is 0.270. The first kappa shape index (κ1) is 12.7. The molecule has 3 heteroatoms. The average Bonchev–Trinajstić information content (AvgIpc) is 2.66. The Morgan fingerprint density at radius 2 is 1.94 bits per heavy atom. The maximum absolute atomic E-state index is 6.03. The number of nitrogens with two attached hydrogens (primary N) is 1. The van der Waals surface area contributed by atoms with Crippen LogP contribution >= 0.6 is 11.8 Å². The van der Waals surface area contributed by atoms with Crippen molar-refractivity contribution in [2.24, 2.45) is 5.73 Å². The van der Waals surface area contributed by atoms with E-state index < -0.39 is 0 Å². The molecule has 2 rings (SSSR count). The second-order valence-electron chi connectivity index (χ2n) is 5.38. The standard InChI is InChI=1S/C13H26N2S/c1-2-16-13-7-6-12(9-13)15-11-5-3-4-10(14)8-11/h10-13,15H,2-9,14H2,1H3. The van der Waals surface area contributed by atoms with Gasteiger partial charge < -0.3 is 11.1 Å². The van der Waals surface area contributed by atoms with Crippen LogP contribution in [-0.2, 0) is 0 Å². The van der Waals surface area contributed by atoms with Crippen molar-refractivity contribution in [2.75, 3.05) is 5.75 Å². The first-order valence-electron chi connectivity index (χ1n) is 6.91. The third kappa shape index (κ3) is 3.64. The van der Waals surface area contributed by atoms with E-state index >= 15 is 0 Å². The molecule has 2 saturated carbocycles. The molecule has 2 nitrogen and oxygen atoms in total. The maximum Gasteiger partial charge on any atom is 0.00844 e. The molecule has 3 N–H and O–H groups in total. The molecule has 0 radical (unpaired) electrons. The SMILES string of the molecule is CCSC1CCC(NC2CCCC(N)C2)C1. The molecular weight excluding hydrogens is 216 g/mol. The van der Waals surface area contributed by atoms with Crippen LogP contribution in [0, 0.1) is 0 Å². The molecular formula is C13H26N2S. The summed E-state index contributed by atoms with van der Waals surface area (Å²) in [4.78, 5) is 0. The summed E-state index contributed by atoms with van der Waals surface area (Å²) < 4.78 is 0. The van der Waals surface area contributed by atoms with Crippen molar-refractivity contribution >= 4 is 11.8 Å². The van der Waals surface area contributed by atoms with Crippen molar-refractivity contribution in [1.82, 2.24) is 5.32 Å². The van der Waals surface area contributed by atoms with Gasteiger partial charge in [0.1, 0.15) is 0 Å². The van der Waals surface area contributed by atoms with Crippen LogP contribution in [0.4, 0.5) is 0 Å². The molecule has 2 fully saturated rings. The highest BCUT2D eigenvalue weighted by molar-refractivity contribution is 7.99. The van der Waals surface area contributed by atoms with Gasteiger partial charge in [0.05, 0.1) is 0 Å². The number of nitrogens with one attached hydrogen (secondary N) is 1. The quantitative estimate of drug-likeness (QED) is 0.795. The van der Waals surface area contributed by atoms with Gasteiger partial charge >= 0.3 is 0 Å². The predicted octanol–water partition coefficient (Wildman–Crippen LogP) is 2.52. The number of rotatable bonds is 4. The second-order valence-corrected chi connectivity index (χ2v) is 6.95. The molecule has 0 spiro atoms. The number of thioether (sulfide) groups is 1. The Bertz CT molecular complexity index is 210. The maximum atomic E-state index is 6.03. The lowest BCUT2D eigenvalue weighted by Crippen LogP contribution is -2.43. The van der Waals surface area contributed by atoms with Gasteiger partial charge in [-0.1, -0.05) is 13.3 Å². The van der Waals surface area contributed by atoms with Gasteiger partial charge in [-0.05, 0) is 44.3 Å². The lowest BCUT2D eigenvalue weighted by atomic mass is 9.91. The molecule has 0 saturated heterocycles. The zero-order chi connectivity index (χ0) is 11.4. The molecule has 4 atom stereocenters. The van der Waals surface area contributed by atoms with E-state index in [1.54, 1.807) is 0 Å². The van der Waals surface area contributed by atoms with E-state index in [9.17, 15) is 0 Å². The Morgan fingerprint density at radius 1 is 1.12 bits per heavy atom. The lowest BCUT2D eigenvalue weighted by molar-refractivity contribution is 0.312. The summed E-state index contributed by atoms with van der Waals surface area (Å²) in [5.41, 5.74) is 6.03. The van der Waals surface area contributed by atoms with Gasteiger partial charge in [0.2, 0.25) is 0 Å². The van der Waals surface area contributed by atoms with Crippen molar-refractivity contribution in [3.05, 3.63) is 0 Å². The molecule has 0 aliphatic heterocycles. The van der Waals surface area contributed by atoms with E-state index in [0.29, 0.717) is 12.1 Å². The van der Waals surface area contributed by atoms with Crippen LogP contribution in [0.5, 0.6) is 0 Å². The minimum absolute atomic E-state index is 0.452. The van der Waals surface area contributed by atoms with Gasteiger partial charge in [-0.25, -0.2) is 0 Å². The molecule has 0 heterocycles. The highest BCUT2D eigenvalue weighted by Gasteiger charge is 2.27. The molecule has 0 aromatic rings. The monoisotopic (exact) mass is 242 g/mol. The summed E-state index contributed by atoms with van der Waals surface area (Å²) in [6.07, 6.45) is 9.26. The van der Waals surface area contributed by atoms with E-state index in [1.807, 2.05) is 0 Å². The number of hydrogen-bond donors (Lipinski definition) is 2. The fraction of sp³-hybridized carbons (Fsp3) is 1.00. The predicted molar refractivity (Wildman–Crippen MR) is 72.9 cm³/mol. The van der Waals surface area contributed by atoms with Gasteiger partial charge in [-0.15, -0.1) is 0 Å². The van der Waals surface area contributed by atoms with E-state index in [0.717, 1.165) is 11.3 Å². The van der Waals surface area contributed by atoms with Crippen molar-refractivity contribution in [1.29, 1.82) is 0 Å². The Kier molecular flexibility index (Phi) is 4.98. The first-order chi connectivity index (χ1) is 7.78. The smallest absolute Gasteiger partial charge is 0.00844 e. The molecule has 2 aliphatic carbocycles. The van der Waals surface area contributed by atoms with E-state index in [1.165, 1.54) is 50.7 Å². The second kappa shape index (κ2) is 6.27. The minimum Gasteiger partial charge on any atom is -0.328 e. The average molecular weight is 242 g/mol. The van der Waals surface area contributed by atoms with Crippen molar-refractivity contribution in [2.45, 2.75) is 75.2 Å². The van der Waals surface area contributed by atoms with Crippen LogP contribution in [-0.4, -0.2) is 29.1 Å². The Balaban J connectivity index is 1.70. The normalized spacial score (nSPS) is 40.1. The summed E-state index contributed by atoms with van der Waals surface area (Å²) in [5, 5.41) is 4.76. The van der Waals surface area contributed by atoms with Crippen LogP contribution in [0.15, 0.2) is 0 Å². The summed E-state index contributed by atoms with van der Waals surface area (Å²) in [6, 6.07) is 1.94. The molecule has 16 heavy (non-hydrogen) atoms. The zero-order valence-electron chi connectivity index (χ0n) is 10.5. The fourth-order valence-electron chi connectivity index (χ4n) is 3.19. The molecule has 4 unspecified atom stereocenters. The Labute approximate surface area is 104 Å². The lowest BCUT2D eigenvalue weighted by Gasteiger charge is -2.30. The van der Waals surface area contributed by atoms with Crippen LogP contribution in [0.3, 0.4) is 0 Å². The van der Waals surface area contributed by atoms with Crippen LogP contribution in [0.25, 0.3) is 0 Å². The fourth-order valence-corrected chi connectivity index (χ4v) is 4.33. The van der Waals surface area contributed by atoms with Gasteiger partial charge in [-0.2, -0.15) is 11.8 Å². The first-order valence-corrected chi connectivity index (χ1v) is 7.96. The van der Waals surface area contributed by atoms with Gasteiger partial charge in [0, 0.05) is 23.4 Å². The van der Waals surface area contributed by atoms with E-state index in [4.69, 9.17) is 5.73 Å². The van der Waals surface area contributed by atoms with E-state index in [-0.39, 0.29) is 0 Å². The summed E-state index contributed by atoms with van der Waals surface area (Å²) >= 11 is 2.14. The Morgan fingerprint density at radius 3 is 2.69 bits per heavy atom. The molecule has 2 aliphatic rings. The molecule has 0 bridgehead atoms. The molecule has 94 valence electrons. The summed E-state index contributed by atoms with van der Waals surface area (Å²) in [7, 11) is 0. The highest BCUT2D eigenvalue weighted by atomic mass is 32.2. The summed E-state index contributed by atoms with van der Waals surface area (Å²) in [5.74, 6) is 1.27.